The van der Waals surface area contributed by atoms with Crippen molar-refractivity contribution >= 4 is 34.3 Å². The van der Waals surface area contributed by atoms with Gasteiger partial charge in [-0.25, -0.2) is 9.79 Å². The Bertz CT molecular complexity index is 1640. The second-order valence-electron chi connectivity index (χ2n) is 8.60. The van der Waals surface area contributed by atoms with Crippen LogP contribution in [0.3, 0.4) is 0 Å². The van der Waals surface area contributed by atoms with Gasteiger partial charge in [0.15, 0.2) is 4.80 Å². The first-order chi connectivity index (χ1) is 16.9. The van der Waals surface area contributed by atoms with E-state index < -0.39 is 12.0 Å². The number of H-pyrrole nitrogens is 1. The number of carbonyl (C=O) groups excluding carboxylic acids is 1. The van der Waals surface area contributed by atoms with E-state index >= 15 is 0 Å². The maximum absolute atomic E-state index is 13.8. The third-order valence-electron chi connectivity index (χ3n) is 5.92. The molecule has 1 atom stereocenters. The monoisotopic (exact) mass is 487 g/mol. The number of benzene rings is 2. The fourth-order valence-corrected chi connectivity index (χ4v) is 5.35. The predicted octanol–water partition coefficient (Wildman–Crippen LogP) is 3.68. The summed E-state index contributed by atoms with van der Waals surface area (Å²) >= 11 is 1.31. The van der Waals surface area contributed by atoms with Crippen molar-refractivity contribution in [3.8, 4) is 5.75 Å². The van der Waals surface area contributed by atoms with E-state index in [0.29, 0.717) is 26.4 Å². The maximum Gasteiger partial charge on any atom is 0.338 e. The molecule has 2 aromatic heterocycles. The second-order valence-corrected chi connectivity index (χ2v) is 9.61. The van der Waals surface area contributed by atoms with Crippen molar-refractivity contribution in [3.05, 3.63) is 96.8 Å². The number of esters is 1. The van der Waals surface area contributed by atoms with Crippen molar-refractivity contribution in [2.24, 2.45) is 4.99 Å². The highest BCUT2D eigenvalue weighted by atomic mass is 32.1. The van der Waals surface area contributed by atoms with E-state index in [1.165, 1.54) is 11.3 Å². The Hall–Kier alpha value is -3.91. The number of nitrogens with zero attached hydrogens (tertiary/aromatic N) is 2. The Labute approximate surface area is 205 Å². The van der Waals surface area contributed by atoms with Crippen molar-refractivity contribution in [1.82, 2.24) is 9.55 Å². The fourth-order valence-electron chi connectivity index (χ4n) is 4.32. The van der Waals surface area contributed by atoms with Crippen LogP contribution in [-0.2, 0) is 9.53 Å². The number of aromatic nitrogens is 2. The van der Waals surface area contributed by atoms with Crippen LogP contribution in [-0.4, -0.2) is 28.7 Å². The first-order valence-electron chi connectivity index (χ1n) is 11.3. The standard InChI is InChI=1S/C27H25N3O4S/c1-15(2)34-26(32)23-16(3)29-27-30(24(23)17-9-11-19(33-4)12-10-17)25(31)22(35-27)13-18-14-28-21-8-6-5-7-20(18)21/h5-15,24,28H,1-4H3/b22-13-/t24-/m1/s1. The highest BCUT2D eigenvalue weighted by Gasteiger charge is 2.33. The number of methoxy groups -OCH3 is 1. The van der Waals surface area contributed by atoms with E-state index in [1.807, 2.05) is 60.8 Å². The van der Waals surface area contributed by atoms with E-state index in [9.17, 15) is 9.59 Å². The lowest BCUT2D eigenvalue weighted by Gasteiger charge is -2.25. The minimum absolute atomic E-state index is 0.206. The lowest BCUT2D eigenvalue weighted by molar-refractivity contribution is -0.143. The molecule has 0 unspecified atom stereocenters. The normalized spacial score (nSPS) is 15.9. The average molecular weight is 488 g/mol. The van der Waals surface area contributed by atoms with Gasteiger partial charge in [0.2, 0.25) is 0 Å². The molecule has 1 aliphatic rings. The molecule has 0 radical (unpaired) electrons. The number of hydrogen-bond acceptors (Lipinski definition) is 6. The molecule has 0 aliphatic carbocycles. The van der Waals surface area contributed by atoms with E-state index in [1.54, 1.807) is 32.4 Å². The molecule has 0 saturated carbocycles. The Morgan fingerprint density at radius 2 is 1.91 bits per heavy atom. The number of ether oxygens (including phenoxy) is 2. The zero-order chi connectivity index (χ0) is 24.7. The average Bonchev–Trinajstić information content (AvgIpc) is 3.38. The van der Waals surface area contributed by atoms with Crippen LogP contribution in [0.25, 0.3) is 17.0 Å². The van der Waals surface area contributed by atoms with Gasteiger partial charge in [0.1, 0.15) is 5.75 Å². The number of nitrogens with one attached hydrogen (secondary N) is 1. The van der Waals surface area contributed by atoms with Gasteiger partial charge < -0.3 is 14.5 Å². The van der Waals surface area contributed by atoms with Crippen LogP contribution in [0.5, 0.6) is 5.75 Å². The van der Waals surface area contributed by atoms with Crippen molar-refractivity contribution in [2.45, 2.75) is 32.9 Å². The lowest BCUT2D eigenvalue weighted by atomic mass is 9.96. The predicted molar refractivity (Wildman–Crippen MR) is 136 cm³/mol. The number of allylic oxidation sites excluding steroid dienone is 1. The molecule has 0 bridgehead atoms. The number of thiazole rings is 1. The molecular formula is C27H25N3O4S. The Morgan fingerprint density at radius 3 is 2.63 bits per heavy atom. The fraction of sp³-hybridized carbons (Fsp3) is 0.222. The highest BCUT2D eigenvalue weighted by molar-refractivity contribution is 7.07. The third-order valence-corrected chi connectivity index (χ3v) is 6.91. The Balaban J connectivity index is 1.72. The molecule has 0 spiro atoms. The third kappa shape index (κ3) is 4.10. The SMILES string of the molecule is COc1ccc([C@@H]2C(C(=O)OC(C)C)=C(C)N=c3s/c(=C\c4c[nH]c5ccccc45)c(=O)n32)cc1. The molecule has 7 nitrogen and oxygen atoms in total. The summed E-state index contributed by atoms with van der Waals surface area (Å²) in [4.78, 5) is 35.4. The van der Waals surface area contributed by atoms with Crippen molar-refractivity contribution < 1.29 is 14.3 Å². The van der Waals surface area contributed by atoms with Gasteiger partial charge in [0, 0.05) is 22.7 Å². The van der Waals surface area contributed by atoms with Crippen molar-refractivity contribution in [2.75, 3.05) is 7.11 Å². The van der Waals surface area contributed by atoms with Crippen molar-refractivity contribution in [3.63, 3.8) is 0 Å². The van der Waals surface area contributed by atoms with Crippen LogP contribution in [0, 0.1) is 0 Å². The van der Waals surface area contributed by atoms with Crippen LogP contribution in [0.1, 0.15) is 37.9 Å². The summed E-state index contributed by atoms with van der Waals surface area (Å²) in [6.45, 7) is 5.38. The van der Waals surface area contributed by atoms with Gasteiger partial charge in [-0.1, -0.05) is 41.7 Å². The number of rotatable bonds is 5. The first-order valence-corrected chi connectivity index (χ1v) is 12.1. The van der Waals surface area contributed by atoms with Gasteiger partial charge in [0.25, 0.3) is 5.56 Å². The highest BCUT2D eigenvalue weighted by Crippen LogP contribution is 2.32. The number of fused-ring (bicyclic) bond motifs is 2. The molecule has 0 amide bonds. The topological polar surface area (TPSA) is 85.7 Å². The maximum atomic E-state index is 13.8. The van der Waals surface area contributed by atoms with Crippen LogP contribution in [0.15, 0.2) is 75.8 Å². The second kappa shape index (κ2) is 9.03. The molecule has 0 saturated heterocycles. The van der Waals surface area contributed by atoms with Gasteiger partial charge >= 0.3 is 5.97 Å². The van der Waals surface area contributed by atoms with E-state index in [0.717, 1.165) is 22.0 Å². The lowest BCUT2D eigenvalue weighted by Crippen LogP contribution is -2.40. The number of carbonyl (C=O) groups is 1. The van der Waals surface area contributed by atoms with Crippen LogP contribution in [0.2, 0.25) is 0 Å². The summed E-state index contributed by atoms with van der Waals surface area (Å²) in [5.41, 5.74) is 3.38. The molecule has 2 aromatic carbocycles. The largest absolute Gasteiger partial charge is 0.497 e. The van der Waals surface area contributed by atoms with E-state index in [-0.39, 0.29) is 11.7 Å². The quantitative estimate of drug-likeness (QED) is 0.435. The summed E-state index contributed by atoms with van der Waals surface area (Å²) < 4.78 is 13.0. The molecule has 35 heavy (non-hydrogen) atoms. The Kier molecular flexibility index (Phi) is 5.90. The smallest absolute Gasteiger partial charge is 0.338 e. The van der Waals surface area contributed by atoms with E-state index in [4.69, 9.17) is 9.47 Å². The summed E-state index contributed by atoms with van der Waals surface area (Å²) in [5, 5.41) is 1.03. The molecule has 1 aliphatic heterocycles. The zero-order valence-electron chi connectivity index (χ0n) is 19.9. The van der Waals surface area contributed by atoms with Gasteiger partial charge in [-0.2, -0.15) is 0 Å². The summed E-state index contributed by atoms with van der Waals surface area (Å²) in [6, 6.07) is 14.6. The molecule has 0 fully saturated rings. The summed E-state index contributed by atoms with van der Waals surface area (Å²) in [5.74, 6) is 0.209. The molecular weight excluding hydrogens is 462 g/mol. The van der Waals surface area contributed by atoms with Crippen LogP contribution < -0.4 is 19.6 Å². The van der Waals surface area contributed by atoms with Gasteiger partial charge in [-0.05, 0) is 50.6 Å². The van der Waals surface area contributed by atoms with Crippen LogP contribution in [0.4, 0.5) is 0 Å². The minimum atomic E-state index is -0.659. The Morgan fingerprint density at radius 1 is 1.17 bits per heavy atom. The number of hydrogen-bond donors (Lipinski definition) is 1. The first kappa shape index (κ1) is 22.9. The molecule has 1 N–H and O–H groups in total. The zero-order valence-corrected chi connectivity index (χ0v) is 20.7. The van der Waals surface area contributed by atoms with Gasteiger partial charge in [-0.15, -0.1) is 0 Å². The van der Waals surface area contributed by atoms with Crippen LogP contribution >= 0.6 is 11.3 Å². The molecule has 5 rings (SSSR count). The molecule has 4 aromatic rings. The van der Waals surface area contributed by atoms with Gasteiger partial charge in [0.05, 0.1) is 35.1 Å². The molecule has 3 heterocycles. The number of para-hydroxylation sites is 1. The van der Waals surface area contributed by atoms with Crippen molar-refractivity contribution in [1.29, 1.82) is 0 Å². The number of aromatic amines is 1. The molecule has 178 valence electrons. The van der Waals surface area contributed by atoms with Gasteiger partial charge in [-0.3, -0.25) is 9.36 Å². The van der Waals surface area contributed by atoms with E-state index in [2.05, 4.69) is 9.98 Å². The summed E-state index contributed by atoms with van der Waals surface area (Å²) in [6.07, 6.45) is 3.46. The minimum Gasteiger partial charge on any atom is -0.497 e. The molecule has 8 heteroatoms. The summed E-state index contributed by atoms with van der Waals surface area (Å²) in [7, 11) is 1.60.